The number of rotatable bonds is 6. The zero-order valence-corrected chi connectivity index (χ0v) is 12.4. The first-order valence-corrected chi connectivity index (χ1v) is 6.65. The first-order chi connectivity index (χ1) is 8.93. The van der Waals surface area contributed by atoms with Gasteiger partial charge in [-0.2, -0.15) is 0 Å². The largest absolute Gasteiger partial charge is 0.395 e. The molecule has 0 unspecified atom stereocenters. The lowest BCUT2D eigenvalue weighted by Crippen LogP contribution is -2.39. The number of amides is 1. The Morgan fingerprint density at radius 3 is 2.74 bits per heavy atom. The van der Waals surface area contributed by atoms with Gasteiger partial charge in [0.05, 0.1) is 23.2 Å². The van der Waals surface area contributed by atoms with Gasteiger partial charge in [0.2, 0.25) is 5.91 Å². The monoisotopic (exact) mass is 305 g/mol. The van der Waals surface area contributed by atoms with Crippen LogP contribution in [0.15, 0.2) is 12.3 Å². The molecule has 7 heteroatoms. The molecule has 19 heavy (non-hydrogen) atoms. The van der Waals surface area contributed by atoms with E-state index in [4.69, 9.17) is 28.3 Å². The number of pyridine rings is 1. The van der Waals surface area contributed by atoms with Gasteiger partial charge in [-0.3, -0.25) is 9.69 Å². The fourth-order valence-electron chi connectivity index (χ4n) is 1.51. The van der Waals surface area contributed by atoms with E-state index < -0.39 is 0 Å². The number of aliphatic hydroxyl groups is 1. The van der Waals surface area contributed by atoms with Crippen LogP contribution in [0, 0.1) is 0 Å². The summed E-state index contributed by atoms with van der Waals surface area (Å²) in [4.78, 5) is 17.7. The van der Waals surface area contributed by atoms with Crippen LogP contribution >= 0.6 is 23.2 Å². The molecule has 2 N–H and O–H groups in total. The summed E-state index contributed by atoms with van der Waals surface area (Å²) in [7, 11) is 0. The predicted octanol–water partition coefficient (Wildman–Crippen LogP) is 2.03. The number of hydrogen-bond donors (Lipinski definition) is 2. The normalized spacial score (nSPS) is 11.1. The lowest BCUT2D eigenvalue weighted by molar-refractivity contribution is -0.117. The highest BCUT2D eigenvalue weighted by Gasteiger charge is 2.15. The molecular formula is C12H17Cl2N3O2. The van der Waals surface area contributed by atoms with Crippen LogP contribution in [0.3, 0.4) is 0 Å². The highest BCUT2D eigenvalue weighted by molar-refractivity contribution is 6.36. The van der Waals surface area contributed by atoms with Gasteiger partial charge in [-0.25, -0.2) is 4.98 Å². The molecule has 0 aromatic carbocycles. The van der Waals surface area contributed by atoms with Crippen molar-refractivity contribution in [2.45, 2.75) is 19.9 Å². The number of carbonyl (C=O) groups is 1. The maximum absolute atomic E-state index is 11.9. The number of nitrogens with zero attached hydrogens (tertiary/aromatic N) is 2. The van der Waals surface area contributed by atoms with Gasteiger partial charge in [0, 0.05) is 18.8 Å². The third kappa shape index (κ3) is 5.32. The van der Waals surface area contributed by atoms with Crippen molar-refractivity contribution in [3.05, 3.63) is 22.3 Å². The Labute approximate surface area is 122 Å². The van der Waals surface area contributed by atoms with Crippen LogP contribution in [0.2, 0.25) is 10.0 Å². The van der Waals surface area contributed by atoms with Crippen LogP contribution in [0.25, 0.3) is 0 Å². The summed E-state index contributed by atoms with van der Waals surface area (Å²) in [5, 5.41) is 12.3. The summed E-state index contributed by atoms with van der Waals surface area (Å²) in [6.45, 7) is 4.52. The summed E-state index contributed by atoms with van der Waals surface area (Å²) in [6.07, 6.45) is 1.41. The zero-order valence-electron chi connectivity index (χ0n) is 10.9. The van der Waals surface area contributed by atoms with E-state index in [0.717, 1.165) is 0 Å². The van der Waals surface area contributed by atoms with E-state index in [2.05, 4.69) is 10.3 Å². The average molecular weight is 306 g/mol. The van der Waals surface area contributed by atoms with E-state index in [-0.39, 0.29) is 30.9 Å². The van der Waals surface area contributed by atoms with Crippen molar-refractivity contribution in [2.24, 2.45) is 0 Å². The predicted molar refractivity (Wildman–Crippen MR) is 76.7 cm³/mol. The first kappa shape index (κ1) is 16.2. The summed E-state index contributed by atoms with van der Waals surface area (Å²) in [6, 6.07) is 1.67. The number of aromatic nitrogens is 1. The van der Waals surface area contributed by atoms with Gasteiger partial charge in [-0.05, 0) is 19.9 Å². The molecule has 106 valence electrons. The van der Waals surface area contributed by atoms with Crippen LogP contribution in [0.5, 0.6) is 0 Å². The minimum absolute atomic E-state index is 0.00537. The van der Waals surface area contributed by atoms with Gasteiger partial charge < -0.3 is 10.4 Å². The molecule has 0 spiro atoms. The molecule has 0 saturated carbocycles. The van der Waals surface area contributed by atoms with E-state index in [9.17, 15) is 4.79 Å². The second-order valence-electron chi connectivity index (χ2n) is 4.32. The minimum Gasteiger partial charge on any atom is -0.395 e. The zero-order chi connectivity index (χ0) is 14.4. The van der Waals surface area contributed by atoms with Crippen LogP contribution in [0.1, 0.15) is 13.8 Å². The van der Waals surface area contributed by atoms with E-state index >= 15 is 0 Å². The summed E-state index contributed by atoms with van der Waals surface area (Å²) < 4.78 is 0. The van der Waals surface area contributed by atoms with Gasteiger partial charge in [0.1, 0.15) is 0 Å². The number of nitrogens with one attached hydrogen (secondary N) is 1. The van der Waals surface area contributed by atoms with E-state index in [1.807, 2.05) is 18.7 Å². The number of anilines is 1. The van der Waals surface area contributed by atoms with Crippen molar-refractivity contribution in [1.82, 2.24) is 9.88 Å². The third-order valence-electron chi connectivity index (χ3n) is 2.53. The van der Waals surface area contributed by atoms with Gasteiger partial charge in [-0.1, -0.05) is 23.2 Å². The highest BCUT2D eigenvalue weighted by atomic mass is 35.5. The molecule has 0 bridgehead atoms. The van der Waals surface area contributed by atoms with Gasteiger partial charge in [0.15, 0.2) is 5.82 Å². The van der Waals surface area contributed by atoms with Crippen LogP contribution in [-0.2, 0) is 4.79 Å². The number of hydrogen-bond acceptors (Lipinski definition) is 4. The van der Waals surface area contributed by atoms with Crippen LogP contribution < -0.4 is 5.32 Å². The molecule has 0 fully saturated rings. The Morgan fingerprint density at radius 1 is 1.53 bits per heavy atom. The molecule has 1 rings (SSSR count). The second-order valence-corrected chi connectivity index (χ2v) is 5.16. The highest BCUT2D eigenvalue weighted by Crippen LogP contribution is 2.22. The Bertz CT molecular complexity index is 441. The minimum atomic E-state index is -0.237. The summed E-state index contributed by atoms with van der Waals surface area (Å²) in [5.41, 5.74) is 0. The molecule has 1 heterocycles. The average Bonchev–Trinajstić information content (AvgIpc) is 2.32. The maximum atomic E-state index is 11.9. The van der Waals surface area contributed by atoms with Crippen molar-refractivity contribution in [3.8, 4) is 0 Å². The number of halogens is 2. The molecule has 5 nitrogen and oxygen atoms in total. The molecule has 0 aliphatic carbocycles. The van der Waals surface area contributed by atoms with Crippen molar-refractivity contribution in [2.75, 3.05) is 25.0 Å². The maximum Gasteiger partial charge on any atom is 0.239 e. The van der Waals surface area contributed by atoms with Crippen LogP contribution in [-0.4, -0.2) is 46.6 Å². The fraction of sp³-hybridized carbons (Fsp3) is 0.500. The van der Waals surface area contributed by atoms with Crippen LogP contribution in [0.4, 0.5) is 5.82 Å². The van der Waals surface area contributed by atoms with Crippen molar-refractivity contribution in [3.63, 3.8) is 0 Å². The number of aliphatic hydroxyl groups excluding tert-OH is 1. The molecule has 0 atom stereocenters. The Morgan fingerprint density at radius 2 is 2.21 bits per heavy atom. The van der Waals surface area contributed by atoms with Gasteiger partial charge in [0.25, 0.3) is 0 Å². The molecule has 1 amide bonds. The smallest absolute Gasteiger partial charge is 0.239 e. The lowest BCUT2D eigenvalue weighted by Gasteiger charge is -2.24. The lowest BCUT2D eigenvalue weighted by atomic mass is 10.3. The second kappa shape index (κ2) is 7.65. The first-order valence-electron chi connectivity index (χ1n) is 5.90. The summed E-state index contributed by atoms with van der Waals surface area (Å²) in [5.74, 6) is 0.0441. The molecule has 0 saturated heterocycles. The molecule has 1 aromatic heterocycles. The molecule has 1 aromatic rings. The standard InChI is InChI=1S/C12H17Cl2N3O2/c1-8(2)17(3-4-18)7-11(19)16-12-10(14)5-9(13)6-15-12/h5-6,8,18H,3-4,7H2,1-2H3,(H,15,16,19). The van der Waals surface area contributed by atoms with Gasteiger partial charge >= 0.3 is 0 Å². The third-order valence-corrected chi connectivity index (χ3v) is 3.02. The van der Waals surface area contributed by atoms with E-state index in [1.54, 1.807) is 0 Å². The number of carbonyl (C=O) groups excluding carboxylic acids is 1. The SMILES string of the molecule is CC(C)N(CCO)CC(=O)Nc1ncc(Cl)cc1Cl. The van der Waals surface area contributed by atoms with Crippen molar-refractivity contribution < 1.29 is 9.90 Å². The molecule has 0 radical (unpaired) electrons. The van der Waals surface area contributed by atoms with Crippen molar-refractivity contribution in [1.29, 1.82) is 0 Å². The van der Waals surface area contributed by atoms with Gasteiger partial charge in [-0.15, -0.1) is 0 Å². The Hall–Kier alpha value is -0.880. The quantitative estimate of drug-likeness (QED) is 0.844. The topological polar surface area (TPSA) is 65.5 Å². The van der Waals surface area contributed by atoms with Crippen molar-refractivity contribution >= 4 is 34.9 Å². The van der Waals surface area contributed by atoms with E-state index in [0.29, 0.717) is 16.6 Å². The Balaban J connectivity index is 2.63. The van der Waals surface area contributed by atoms with E-state index in [1.165, 1.54) is 12.3 Å². The molecular weight excluding hydrogens is 289 g/mol. The Kier molecular flexibility index (Phi) is 6.51. The molecule has 0 aliphatic rings. The molecule has 0 aliphatic heterocycles. The summed E-state index contributed by atoms with van der Waals surface area (Å²) >= 11 is 11.6. The fourth-order valence-corrected chi connectivity index (χ4v) is 1.94.